The number of benzene rings is 1. The van der Waals surface area contributed by atoms with Crippen LogP contribution >= 0.6 is 0 Å². The van der Waals surface area contributed by atoms with Crippen LogP contribution in [0.2, 0.25) is 0 Å². The predicted molar refractivity (Wildman–Crippen MR) is 88.4 cm³/mol. The van der Waals surface area contributed by atoms with Crippen LogP contribution in [0.25, 0.3) is 0 Å². The van der Waals surface area contributed by atoms with Crippen molar-refractivity contribution in [2.45, 2.75) is 12.8 Å². The zero-order chi connectivity index (χ0) is 16.5. The van der Waals surface area contributed by atoms with Crippen LogP contribution in [0.5, 0.6) is 5.75 Å². The second-order valence-electron chi connectivity index (χ2n) is 5.68. The van der Waals surface area contributed by atoms with Crippen molar-refractivity contribution >= 4 is 12.3 Å². The number of ether oxygens (including phenoxy) is 1. The van der Waals surface area contributed by atoms with Crippen LogP contribution < -0.4 is 10.1 Å². The van der Waals surface area contributed by atoms with Crippen LogP contribution in [-0.4, -0.2) is 68.5 Å². The van der Waals surface area contributed by atoms with Crippen molar-refractivity contribution in [3.05, 3.63) is 29.8 Å². The number of methoxy groups -OCH3 is 1. The van der Waals surface area contributed by atoms with Gasteiger partial charge in [-0.05, 0) is 24.1 Å². The Kier molecular flexibility index (Phi) is 6.87. The van der Waals surface area contributed by atoms with E-state index in [-0.39, 0.29) is 5.91 Å². The van der Waals surface area contributed by atoms with Gasteiger partial charge < -0.3 is 15.0 Å². The number of hydrogen-bond donors (Lipinski definition) is 1. The van der Waals surface area contributed by atoms with E-state index in [0.29, 0.717) is 13.0 Å². The van der Waals surface area contributed by atoms with Crippen molar-refractivity contribution in [3.8, 4) is 5.75 Å². The van der Waals surface area contributed by atoms with Gasteiger partial charge in [-0.3, -0.25) is 14.5 Å². The highest BCUT2D eigenvalue weighted by atomic mass is 16.5. The number of rotatable bonds is 8. The van der Waals surface area contributed by atoms with Crippen LogP contribution in [0.15, 0.2) is 24.3 Å². The maximum Gasteiger partial charge on any atom is 0.221 e. The quantitative estimate of drug-likeness (QED) is 0.710. The third kappa shape index (κ3) is 5.90. The number of amides is 2. The second-order valence-corrected chi connectivity index (χ2v) is 5.68. The largest absolute Gasteiger partial charge is 0.497 e. The summed E-state index contributed by atoms with van der Waals surface area (Å²) in [5.74, 6) is 0.911. The Morgan fingerprint density at radius 2 is 2.09 bits per heavy atom. The van der Waals surface area contributed by atoms with E-state index in [1.54, 1.807) is 12.0 Å². The molecule has 6 nitrogen and oxygen atoms in total. The molecule has 6 heteroatoms. The Bertz CT molecular complexity index is 514. The van der Waals surface area contributed by atoms with E-state index < -0.39 is 0 Å². The zero-order valence-corrected chi connectivity index (χ0v) is 13.7. The van der Waals surface area contributed by atoms with Gasteiger partial charge >= 0.3 is 0 Å². The standard InChI is InChI=1S/C17H25N3O3/c1-23-16-4-2-3-15(13-16)5-7-18-17(22)6-8-19-9-11-20(14-21)12-10-19/h2-4,13-14H,5-12H2,1H3,(H,18,22). The van der Waals surface area contributed by atoms with Crippen molar-refractivity contribution < 1.29 is 14.3 Å². The van der Waals surface area contributed by atoms with Gasteiger partial charge in [-0.1, -0.05) is 12.1 Å². The van der Waals surface area contributed by atoms with E-state index in [2.05, 4.69) is 10.2 Å². The third-order valence-corrected chi connectivity index (χ3v) is 4.08. The molecule has 0 unspecified atom stereocenters. The molecule has 0 aromatic heterocycles. The minimum absolute atomic E-state index is 0.0747. The first kappa shape index (κ1) is 17.3. The lowest BCUT2D eigenvalue weighted by molar-refractivity contribution is -0.122. The molecule has 1 aromatic carbocycles. The van der Waals surface area contributed by atoms with Crippen molar-refractivity contribution in [1.29, 1.82) is 0 Å². The molecule has 126 valence electrons. The molecule has 0 aliphatic carbocycles. The number of nitrogens with zero attached hydrogens (tertiary/aromatic N) is 2. The molecule has 0 bridgehead atoms. The van der Waals surface area contributed by atoms with Crippen LogP contribution in [0, 0.1) is 0 Å². The smallest absolute Gasteiger partial charge is 0.221 e. The molecule has 0 radical (unpaired) electrons. The zero-order valence-electron chi connectivity index (χ0n) is 13.7. The highest BCUT2D eigenvalue weighted by Gasteiger charge is 2.15. The van der Waals surface area contributed by atoms with E-state index in [9.17, 15) is 9.59 Å². The van der Waals surface area contributed by atoms with E-state index in [1.807, 2.05) is 24.3 Å². The maximum absolute atomic E-state index is 11.9. The Balaban J connectivity index is 1.61. The molecule has 0 spiro atoms. The number of hydrogen-bond acceptors (Lipinski definition) is 4. The lowest BCUT2D eigenvalue weighted by Crippen LogP contribution is -2.46. The Morgan fingerprint density at radius 1 is 1.30 bits per heavy atom. The van der Waals surface area contributed by atoms with Crippen molar-refractivity contribution in [2.24, 2.45) is 0 Å². The van der Waals surface area contributed by atoms with Gasteiger partial charge in [-0.15, -0.1) is 0 Å². The third-order valence-electron chi connectivity index (χ3n) is 4.08. The average Bonchev–Trinajstić information content (AvgIpc) is 2.60. The fourth-order valence-corrected chi connectivity index (χ4v) is 2.61. The van der Waals surface area contributed by atoms with E-state index in [0.717, 1.165) is 56.9 Å². The molecule has 2 amide bonds. The highest BCUT2D eigenvalue weighted by molar-refractivity contribution is 5.76. The summed E-state index contributed by atoms with van der Waals surface area (Å²) < 4.78 is 5.19. The van der Waals surface area contributed by atoms with Crippen LogP contribution in [0.4, 0.5) is 0 Å². The van der Waals surface area contributed by atoms with Crippen LogP contribution in [0.1, 0.15) is 12.0 Å². The summed E-state index contributed by atoms with van der Waals surface area (Å²) in [6, 6.07) is 7.88. The summed E-state index contributed by atoms with van der Waals surface area (Å²) in [6.45, 7) is 4.57. The van der Waals surface area contributed by atoms with Gasteiger partial charge in [-0.25, -0.2) is 0 Å². The Morgan fingerprint density at radius 3 is 2.78 bits per heavy atom. The number of nitrogens with one attached hydrogen (secondary N) is 1. The van der Waals surface area contributed by atoms with Gasteiger partial charge in [0.2, 0.25) is 12.3 Å². The summed E-state index contributed by atoms with van der Waals surface area (Å²) in [5, 5.41) is 2.96. The molecule has 1 aliphatic rings. The van der Waals surface area contributed by atoms with E-state index >= 15 is 0 Å². The minimum atomic E-state index is 0.0747. The average molecular weight is 319 g/mol. The topological polar surface area (TPSA) is 61.9 Å². The van der Waals surface area contributed by atoms with Gasteiger partial charge in [0, 0.05) is 45.7 Å². The number of piperazine rings is 1. The van der Waals surface area contributed by atoms with E-state index in [1.165, 1.54) is 0 Å². The fraction of sp³-hybridized carbons (Fsp3) is 0.529. The van der Waals surface area contributed by atoms with Crippen molar-refractivity contribution in [1.82, 2.24) is 15.1 Å². The molecule has 2 rings (SSSR count). The molecule has 1 heterocycles. The summed E-state index contributed by atoms with van der Waals surface area (Å²) in [6.07, 6.45) is 2.18. The highest BCUT2D eigenvalue weighted by Crippen LogP contribution is 2.12. The van der Waals surface area contributed by atoms with Crippen LogP contribution in [-0.2, 0) is 16.0 Å². The van der Waals surface area contributed by atoms with Gasteiger partial charge in [0.25, 0.3) is 0 Å². The van der Waals surface area contributed by atoms with Gasteiger partial charge in [-0.2, -0.15) is 0 Å². The SMILES string of the molecule is COc1cccc(CCNC(=O)CCN2CCN(C=O)CC2)c1. The molecule has 1 saturated heterocycles. The molecular formula is C17H25N3O3. The Hall–Kier alpha value is -2.08. The number of carbonyl (C=O) groups excluding carboxylic acids is 2. The van der Waals surface area contributed by atoms with Crippen molar-refractivity contribution in [2.75, 3.05) is 46.4 Å². The molecule has 0 atom stereocenters. The summed E-state index contributed by atoms with van der Waals surface area (Å²) in [4.78, 5) is 26.5. The molecule has 1 aliphatic heterocycles. The number of carbonyl (C=O) groups is 2. The van der Waals surface area contributed by atoms with Gasteiger partial charge in [0.15, 0.2) is 0 Å². The van der Waals surface area contributed by atoms with Gasteiger partial charge in [0.1, 0.15) is 5.75 Å². The molecular weight excluding hydrogens is 294 g/mol. The van der Waals surface area contributed by atoms with Crippen LogP contribution in [0.3, 0.4) is 0 Å². The fourth-order valence-electron chi connectivity index (χ4n) is 2.61. The normalized spacial score (nSPS) is 15.3. The lowest BCUT2D eigenvalue weighted by atomic mass is 10.1. The minimum Gasteiger partial charge on any atom is -0.497 e. The summed E-state index contributed by atoms with van der Waals surface area (Å²) in [5.41, 5.74) is 1.15. The first-order chi connectivity index (χ1) is 11.2. The molecule has 23 heavy (non-hydrogen) atoms. The van der Waals surface area contributed by atoms with E-state index in [4.69, 9.17) is 4.74 Å². The predicted octanol–water partition coefficient (Wildman–Crippen LogP) is 0.518. The summed E-state index contributed by atoms with van der Waals surface area (Å²) >= 11 is 0. The second kappa shape index (κ2) is 9.15. The molecule has 1 aromatic rings. The Labute approximate surface area is 137 Å². The molecule has 1 N–H and O–H groups in total. The first-order valence-electron chi connectivity index (χ1n) is 8.02. The van der Waals surface area contributed by atoms with Gasteiger partial charge in [0.05, 0.1) is 7.11 Å². The monoisotopic (exact) mass is 319 g/mol. The summed E-state index contributed by atoms with van der Waals surface area (Å²) in [7, 11) is 1.65. The molecule has 1 fully saturated rings. The van der Waals surface area contributed by atoms with Crippen molar-refractivity contribution in [3.63, 3.8) is 0 Å². The molecule has 0 saturated carbocycles. The first-order valence-corrected chi connectivity index (χ1v) is 8.02. The lowest BCUT2D eigenvalue weighted by Gasteiger charge is -2.32. The maximum atomic E-state index is 11.9.